The fourth-order valence-corrected chi connectivity index (χ4v) is 7.96. The molecule has 0 saturated heterocycles. The summed E-state index contributed by atoms with van der Waals surface area (Å²) in [4.78, 5) is 0. The average Bonchev–Trinajstić information content (AvgIpc) is 2.99. The predicted molar refractivity (Wildman–Crippen MR) is 155 cm³/mol. The molecule has 0 aliphatic heterocycles. The van der Waals surface area contributed by atoms with Crippen LogP contribution in [0.1, 0.15) is 84.0 Å². The fourth-order valence-electron chi connectivity index (χ4n) is 7.96. The zero-order valence-electron chi connectivity index (χ0n) is 24.3. The smallest absolute Gasteiger partial charge is 0.201 e. The van der Waals surface area contributed by atoms with Gasteiger partial charge in [-0.2, -0.15) is 8.78 Å². The Kier molecular flexibility index (Phi) is 9.98. The first-order valence-electron chi connectivity index (χ1n) is 15.7. The second-order valence-electron chi connectivity index (χ2n) is 12.6. The van der Waals surface area contributed by atoms with Gasteiger partial charge in [-0.05, 0) is 137 Å². The summed E-state index contributed by atoms with van der Waals surface area (Å²) in [5, 5.41) is 0. The Labute approximate surface area is 242 Å². The van der Waals surface area contributed by atoms with E-state index < -0.39 is 23.3 Å². The quantitative estimate of drug-likeness (QED) is 0.208. The van der Waals surface area contributed by atoms with Gasteiger partial charge in [-0.25, -0.2) is 8.78 Å². The van der Waals surface area contributed by atoms with Gasteiger partial charge in [0.2, 0.25) is 11.6 Å². The van der Waals surface area contributed by atoms with Crippen LogP contribution in [0.3, 0.4) is 0 Å². The Hall–Kier alpha value is -2.50. The van der Waals surface area contributed by atoms with Gasteiger partial charge >= 0.3 is 0 Å². The van der Waals surface area contributed by atoms with E-state index in [-0.39, 0.29) is 29.2 Å². The summed E-state index contributed by atoms with van der Waals surface area (Å²) < 4.78 is 69.5. The van der Waals surface area contributed by atoms with E-state index in [1.165, 1.54) is 82.1 Å². The Balaban J connectivity index is 1.11. The molecule has 0 aromatic heterocycles. The zero-order valence-corrected chi connectivity index (χ0v) is 24.3. The molecule has 0 heterocycles. The number of allylic oxidation sites excluding steroid dienone is 1. The number of hydrogen-bond donors (Lipinski definition) is 0. The minimum Gasteiger partial charge on any atom is -0.491 e. The molecule has 2 aromatic rings. The van der Waals surface area contributed by atoms with Gasteiger partial charge < -0.3 is 9.47 Å². The molecule has 0 spiro atoms. The van der Waals surface area contributed by atoms with E-state index in [1.807, 2.05) is 0 Å². The van der Waals surface area contributed by atoms with E-state index in [0.29, 0.717) is 12.5 Å². The molecule has 5 rings (SSSR count). The summed E-state index contributed by atoms with van der Waals surface area (Å²) in [7, 11) is 0. The molecule has 0 N–H and O–H groups in total. The molecule has 3 aliphatic rings. The molecular formula is C35H44F4O2. The van der Waals surface area contributed by atoms with Crippen LogP contribution in [0.25, 0.3) is 11.1 Å². The van der Waals surface area contributed by atoms with Crippen molar-refractivity contribution in [3.05, 3.63) is 60.2 Å². The SMILES string of the molecule is C=CCCC1CCC2CC(C3CCC(COc4ccc(-c5ccc(OCC)c(F)c5F)c(F)c4F)CC3)CCC2C1. The average molecular weight is 573 g/mol. The van der Waals surface area contributed by atoms with Crippen LogP contribution in [0.15, 0.2) is 36.9 Å². The van der Waals surface area contributed by atoms with Crippen LogP contribution in [0.5, 0.6) is 11.5 Å². The molecule has 3 saturated carbocycles. The molecule has 3 fully saturated rings. The molecule has 3 aliphatic carbocycles. The second-order valence-corrected chi connectivity index (χ2v) is 12.6. The molecule has 224 valence electrons. The van der Waals surface area contributed by atoms with Gasteiger partial charge in [-0.15, -0.1) is 6.58 Å². The lowest BCUT2D eigenvalue weighted by atomic mass is 9.60. The molecule has 0 amide bonds. The van der Waals surface area contributed by atoms with Crippen LogP contribution in [0, 0.1) is 58.8 Å². The summed E-state index contributed by atoms with van der Waals surface area (Å²) in [6, 6.07) is 4.96. The highest BCUT2D eigenvalue weighted by Gasteiger charge is 2.38. The number of halogens is 4. The Morgan fingerprint density at radius 1 is 0.659 bits per heavy atom. The highest BCUT2D eigenvalue weighted by molar-refractivity contribution is 5.67. The Morgan fingerprint density at radius 2 is 1.17 bits per heavy atom. The molecule has 0 radical (unpaired) electrons. The largest absolute Gasteiger partial charge is 0.491 e. The van der Waals surface area contributed by atoms with Gasteiger partial charge in [0.05, 0.1) is 13.2 Å². The highest BCUT2D eigenvalue weighted by atomic mass is 19.2. The van der Waals surface area contributed by atoms with Crippen molar-refractivity contribution < 1.29 is 27.0 Å². The van der Waals surface area contributed by atoms with Gasteiger partial charge in [-0.1, -0.05) is 12.5 Å². The summed E-state index contributed by atoms with van der Waals surface area (Å²) in [6.07, 6.45) is 17.3. The number of rotatable bonds is 10. The van der Waals surface area contributed by atoms with Crippen molar-refractivity contribution in [3.63, 3.8) is 0 Å². The van der Waals surface area contributed by atoms with Gasteiger partial charge in [0.25, 0.3) is 0 Å². The van der Waals surface area contributed by atoms with Crippen molar-refractivity contribution in [1.29, 1.82) is 0 Å². The van der Waals surface area contributed by atoms with E-state index >= 15 is 0 Å². The normalized spacial score (nSPS) is 28.1. The summed E-state index contributed by atoms with van der Waals surface area (Å²) >= 11 is 0. The monoisotopic (exact) mass is 572 g/mol. The van der Waals surface area contributed by atoms with Crippen molar-refractivity contribution in [2.24, 2.45) is 35.5 Å². The van der Waals surface area contributed by atoms with Crippen LogP contribution in [-0.4, -0.2) is 13.2 Å². The summed E-state index contributed by atoms with van der Waals surface area (Å²) in [5.41, 5.74) is -0.711. The van der Waals surface area contributed by atoms with Crippen LogP contribution in [0.4, 0.5) is 17.6 Å². The highest BCUT2D eigenvalue weighted by Crippen LogP contribution is 2.49. The molecule has 6 heteroatoms. The lowest BCUT2D eigenvalue weighted by molar-refractivity contribution is 0.0547. The van der Waals surface area contributed by atoms with Gasteiger partial charge in [0, 0.05) is 11.1 Å². The van der Waals surface area contributed by atoms with E-state index in [0.717, 1.165) is 48.9 Å². The lowest BCUT2D eigenvalue weighted by Crippen LogP contribution is -2.35. The van der Waals surface area contributed by atoms with Crippen molar-refractivity contribution in [2.45, 2.75) is 84.0 Å². The maximum absolute atomic E-state index is 14.9. The minimum absolute atomic E-state index is 0.158. The number of ether oxygens (including phenoxy) is 2. The van der Waals surface area contributed by atoms with Crippen LogP contribution >= 0.6 is 0 Å². The van der Waals surface area contributed by atoms with E-state index in [4.69, 9.17) is 9.47 Å². The number of hydrogen-bond acceptors (Lipinski definition) is 2. The van der Waals surface area contributed by atoms with Crippen LogP contribution in [0.2, 0.25) is 0 Å². The van der Waals surface area contributed by atoms with Crippen molar-refractivity contribution >= 4 is 0 Å². The first kappa shape index (κ1) is 30.0. The third-order valence-corrected chi connectivity index (χ3v) is 10.3. The van der Waals surface area contributed by atoms with Gasteiger partial charge in [0.1, 0.15) is 0 Å². The first-order valence-corrected chi connectivity index (χ1v) is 15.7. The molecule has 4 atom stereocenters. The fraction of sp³-hybridized carbons (Fsp3) is 0.600. The van der Waals surface area contributed by atoms with Crippen molar-refractivity contribution in [1.82, 2.24) is 0 Å². The standard InChI is InChI=1S/C35H44F4O2/c1-3-5-6-22-7-12-27-20-26(14-13-25(27)19-22)24-10-8-23(9-11-24)21-41-31-18-16-29(33(37)35(31)39)28-15-17-30(40-4-2)34(38)32(28)36/h3,15-18,22-27H,1,4-14,19-21H2,2H3. The first-order chi connectivity index (χ1) is 19.9. The van der Waals surface area contributed by atoms with Crippen LogP contribution in [-0.2, 0) is 0 Å². The molecule has 4 unspecified atom stereocenters. The van der Waals surface area contributed by atoms with E-state index in [9.17, 15) is 17.6 Å². The van der Waals surface area contributed by atoms with Gasteiger partial charge in [-0.3, -0.25) is 0 Å². The molecular weight excluding hydrogens is 528 g/mol. The topological polar surface area (TPSA) is 18.5 Å². The third kappa shape index (κ3) is 6.78. The second kappa shape index (κ2) is 13.6. The van der Waals surface area contributed by atoms with Crippen molar-refractivity contribution in [2.75, 3.05) is 13.2 Å². The Morgan fingerprint density at radius 3 is 1.78 bits per heavy atom. The summed E-state index contributed by atoms with van der Waals surface area (Å²) in [5.74, 6) is -0.757. The number of fused-ring (bicyclic) bond motifs is 1. The van der Waals surface area contributed by atoms with Crippen molar-refractivity contribution in [3.8, 4) is 22.6 Å². The summed E-state index contributed by atoms with van der Waals surface area (Å²) in [6.45, 7) is 6.02. The predicted octanol–water partition coefficient (Wildman–Crippen LogP) is 10.3. The zero-order chi connectivity index (χ0) is 28.9. The maximum Gasteiger partial charge on any atom is 0.201 e. The molecule has 0 bridgehead atoms. The molecule has 2 nitrogen and oxygen atoms in total. The minimum atomic E-state index is -1.27. The van der Waals surface area contributed by atoms with Gasteiger partial charge in [0.15, 0.2) is 23.1 Å². The van der Waals surface area contributed by atoms with Crippen LogP contribution < -0.4 is 9.47 Å². The van der Waals surface area contributed by atoms with E-state index in [1.54, 1.807) is 6.92 Å². The molecule has 41 heavy (non-hydrogen) atoms. The van der Waals surface area contributed by atoms with E-state index in [2.05, 4.69) is 12.7 Å². The number of benzene rings is 2. The lowest BCUT2D eigenvalue weighted by Gasteiger charge is -2.45. The third-order valence-electron chi connectivity index (χ3n) is 10.3. The maximum atomic E-state index is 14.9. The molecule has 2 aromatic carbocycles. The Bertz CT molecular complexity index is 1190.